The van der Waals surface area contributed by atoms with E-state index in [2.05, 4.69) is 10.0 Å². The zero-order chi connectivity index (χ0) is 17.0. The van der Waals surface area contributed by atoms with Crippen LogP contribution >= 0.6 is 11.6 Å². The van der Waals surface area contributed by atoms with Gasteiger partial charge in [-0.05, 0) is 44.2 Å². The molecule has 0 aliphatic carbocycles. The highest BCUT2D eigenvalue weighted by atomic mass is 35.5. The topological polar surface area (TPSA) is 75.3 Å². The molecule has 1 amide bonds. The van der Waals surface area contributed by atoms with Crippen molar-refractivity contribution in [3.8, 4) is 0 Å². The molecule has 23 heavy (non-hydrogen) atoms. The highest BCUT2D eigenvalue weighted by molar-refractivity contribution is 7.92. The van der Waals surface area contributed by atoms with Gasteiger partial charge >= 0.3 is 0 Å². The molecular formula is C16H17ClN2O3S. The van der Waals surface area contributed by atoms with Crippen molar-refractivity contribution in [2.75, 3.05) is 4.72 Å². The van der Waals surface area contributed by atoms with E-state index in [4.69, 9.17) is 11.6 Å². The van der Waals surface area contributed by atoms with Crippen LogP contribution in [0.4, 0.5) is 5.69 Å². The van der Waals surface area contributed by atoms with Crippen molar-refractivity contribution in [1.29, 1.82) is 0 Å². The van der Waals surface area contributed by atoms with Gasteiger partial charge in [0.05, 0.1) is 5.02 Å². The van der Waals surface area contributed by atoms with Crippen LogP contribution in [0.15, 0.2) is 53.4 Å². The summed E-state index contributed by atoms with van der Waals surface area (Å²) in [5, 5.41) is 2.76. The lowest BCUT2D eigenvalue weighted by atomic mass is 10.2. The van der Waals surface area contributed by atoms with Crippen LogP contribution in [0.25, 0.3) is 0 Å². The van der Waals surface area contributed by atoms with Crippen LogP contribution < -0.4 is 10.0 Å². The van der Waals surface area contributed by atoms with Gasteiger partial charge in [0.15, 0.2) is 0 Å². The Morgan fingerprint density at radius 3 is 2.35 bits per heavy atom. The maximum atomic E-state index is 12.5. The Kier molecular flexibility index (Phi) is 5.28. The van der Waals surface area contributed by atoms with Crippen LogP contribution in [0.3, 0.4) is 0 Å². The fourth-order valence-corrected chi connectivity index (χ4v) is 3.50. The number of para-hydroxylation sites is 1. The van der Waals surface area contributed by atoms with Crippen molar-refractivity contribution in [3.63, 3.8) is 0 Å². The van der Waals surface area contributed by atoms with Crippen LogP contribution in [-0.4, -0.2) is 20.4 Å². The molecule has 0 unspecified atom stereocenters. The lowest BCUT2D eigenvalue weighted by Crippen LogP contribution is -2.30. The first-order valence-electron chi connectivity index (χ1n) is 6.98. The average Bonchev–Trinajstić information content (AvgIpc) is 2.47. The van der Waals surface area contributed by atoms with Gasteiger partial charge in [-0.3, -0.25) is 9.52 Å². The summed E-state index contributed by atoms with van der Waals surface area (Å²) in [5.74, 6) is -0.354. The van der Waals surface area contributed by atoms with Crippen molar-refractivity contribution in [2.45, 2.75) is 24.8 Å². The highest BCUT2D eigenvalue weighted by Crippen LogP contribution is 2.25. The van der Waals surface area contributed by atoms with E-state index in [9.17, 15) is 13.2 Å². The standard InChI is InChI=1S/C16H17ClN2O3S/c1-11(2)18-16(20)12-8-9-14(17)15(10-12)23(21,22)19-13-6-4-3-5-7-13/h3-11,19H,1-2H3,(H,18,20). The monoisotopic (exact) mass is 352 g/mol. The van der Waals surface area contributed by atoms with Gasteiger partial charge in [0.1, 0.15) is 4.90 Å². The van der Waals surface area contributed by atoms with Crippen molar-refractivity contribution in [2.24, 2.45) is 0 Å². The smallest absolute Gasteiger partial charge is 0.263 e. The van der Waals surface area contributed by atoms with E-state index in [-0.39, 0.29) is 27.4 Å². The molecule has 0 fully saturated rings. The van der Waals surface area contributed by atoms with Crippen molar-refractivity contribution >= 4 is 33.2 Å². The summed E-state index contributed by atoms with van der Waals surface area (Å²) in [4.78, 5) is 11.9. The molecule has 0 aliphatic rings. The third kappa shape index (κ3) is 4.46. The molecule has 5 nitrogen and oxygen atoms in total. The van der Waals surface area contributed by atoms with Crippen LogP contribution in [0.2, 0.25) is 5.02 Å². The van der Waals surface area contributed by atoms with Gasteiger partial charge in [-0.25, -0.2) is 8.42 Å². The zero-order valence-electron chi connectivity index (χ0n) is 12.7. The Hall–Kier alpha value is -2.05. The maximum absolute atomic E-state index is 12.5. The van der Waals surface area contributed by atoms with E-state index >= 15 is 0 Å². The number of halogens is 1. The van der Waals surface area contributed by atoms with Crippen LogP contribution in [0.1, 0.15) is 24.2 Å². The Labute approximate surface area is 140 Å². The zero-order valence-corrected chi connectivity index (χ0v) is 14.3. The van der Waals surface area contributed by atoms with Crippen LogP contribution in [0, 0.1) is 0 Å². The minimum Gasteiger partial charge on any atom is -0.350 e. The molecule has 0 atom stereocenters. The summed E-state index contributed by atoms with van der Waals surface area (Å²) in [6.45, 7) is 3.64. The van der Waals surface area contributed by atoms with E-state index in [1.807, 2.05) is 13.8 Å². The van der Waals surface area contributed by atoms with E-state index < -0.39 is 10.0 Å². The lowest BCUT2D eigenvalue weighted by molar-refractivity contribution is 0.0943. The van der Waals surface area contributed by atoms with Crippen LogP contribution in [0.5, 0.6) is 0 Å². The molecule has 122 valence electrons. The quantitative estimate of drug-likeness (QED) is 0.867. The summed E-state index contributed by atoms with van der Waals surface area (Å²) < 4.78 is 27.4. The first kappa shape index (κ1) is 17.3. The number of amides is 1. The maximum Gasteiger partial charge on any atom is 0.263 e. The number of hydrogen-bond donors (Lipinski definition) is 2. The molecule has 2 aromatic carbocycles. The summed E-state index contributed by atoms with van der Waals surface area (Å²) in [6, 6.07) is 12.6. The van der Waals surface area contributed by atoms with Crippen LogP contribution in [-0.2, 0) is 10.0 Å². The second kappa shape index (κ2) is 7.02. The van der Waals surface area contributed by atoms with Gasteiger partial charge in [0.25, 0.3) is 15.9 Å². The Balaban J connectivity index is 2.36. The van der Waals surface area contributed by atoms with Crippen molar-refractivity contribution in [1.82, 2.24) is 5.32 Å². The number of nitrogens with one attached hydrogen (secondary N) is 2. The first-order chi connectivity index (χ1) is 10.8. The highest BCUT2D eigenvalue weighted by Gasteiger charge is 2.20. The van der Waals surface area contributed by atoms with Gasteiger partial charge in [-0.15, -0.1) is 0 Å². The van der Waals surface area contributed by atoms with Gasteiger partial charge in [0.2, 0.25) is 0 Å². The van der Waals surface area contributed by atoms with E-state index in [1.54, 1.807) is 30.3 Å². The average molecular weight is 353 g/mol. The number of sulfonamides is 1. The minimum absolute atomic E-state index is 0.0505. The largest absolute Gasteiger partial charge is 0.350 e. The fourth-order valence-electron chi connectivity index (χ4n) is 1.91. The Morgan fingerprint density at radius 1 is 1.09 bits per heavy atom. The molecule has 7 heteroatoms. The number of rotatable bonds is 5. The number of carbonyl (C=O) groups excluding carboxylic acids is 1. The second-order valence-electron chi connectivity index (χ2n) is 5.24. The van der Waals surface area contributed by atoms with Gasteiger partial charge in [-0.2, -0.15) is 0 Å². The van der Waals surface area contributed by atoms with Gasteiger partial charge in [0, 0.05) is 17.3 Å². The normalized spacial score (nSPS) is 11.3. The van der Waals surface area contributed by atoms with E-state index in [0.29, 0.717) is 5.69 Å². The predicted octanol–water partition coefficient (Wildman–Crippen LogP) is 3.28. The molecule has 0 radical (unpaired) electrons. The summed E-state index contributed by atoms with van der Waals surface area (Å²) in [7, 11) is -3.89. The molecule has 0 saturated heterocycles. The molecule has 2 N–H and O–H groups in total. The SMILES string of the molecule is CC(C)NC(=O)c1ccc(Cl)c(S(=O)(=O)Nc2ccccc2)c1. The second-order valence-corrected chi connectivity index (χ2v) is 7.30. The van der Waals surface area contributed by atoms with Crippen molar-refractivity contribution in [3.05, 3.63) is 59.1 Å². The molecule has 2 aromatic rings. The fraction of sp³-hybridized carbons (Fsp3) is 0.188. The van der Waals surface area contributed by atoms with E-state index in [1.165, 1.54) is 18.2 Å². The van der Waals surface area contributed by atoms with E-state index in [0.717, 1.165) is 0 Å². The minimum atomic E-state index is -3.89. The molecule has 0 aliphatic heterocycles. The predicted molar refractivity (Wildman–Crippen MR) is 91.3 cm³/mol. The third-order valence-electron chi connectivity index (χ3n) is 2.93. The molecule has 0 spiro atoms. The van der Waals surface area contributed by atoms with Gasteiger partial charge in [-0.1, -0.05) is 29.8 Å². The lowest BCUT2D eigenvalue weighted by Gasteiger charge is -2.12. The van der Waals surface area contributed by atoms with Crippen molar-refractivity contribution < 1.29 is 13.2 Å². The molecule has 0 saturated carbocycles. The number of carbonyl (C=O) groups is 1. The molecule has 0 bridgehead atoms. The summed E-state index contributed by atoms with van der Waals surface area (Å²) in [5.41, 5.74) is 0.650. The molecular weight excluding hydrogens is 336 g/mol. The summed E-state index contributed by atoms with van der Waals surface area (Å²) >= 11 is 6.01. The third-order valence-corrected chi connectivity index (χ3v) is 4.79. The number of benzene rings is 2. The Morgan fingerprint density at radius 2 is 1.74 bits per heavy atom. The summed E-state index contributed by atoms with van der Waals surface area (Å²) in [6.07, 6.45) is 0. The number of anilines is 1. The van der Waals surface area contributed by atoms with Gasteiger partial charge < -0.3 is 5.32 Å². The molecule has 0 heterocycles. The molecule has 2 rings (SSSR count). The first-order valence-corrected chi connectivity index (χ1v) is 8.84. The Bertz CT molecular complexity index is 805. The molecule has 0 aromatic heterocycles. The number of hydrogen-bond acceptors (Lipinski definition) is 3.